The number of unbranched alkanes of at least 4 members (excludes halogenated alkanes) is 1. The van der Waals surface area contributed by atoms with Crippen LogP contribution in [0.25, 0.3) is 0 Å². The Kier molecular flexibility index (Phi) is 10.2. The van der Waals surface area contributed by atoms with Gasteiger partial charge in [0, 0.05) is 13.0 Å². The van der Waals surface area contributed by atoms with E-state index in [0.717, 1.165) is 18.9 Å². The first-order valence-corrected chi connectivity index (χ1v) is 5.95. The maximum Gasteiger partial charge on any atom is 0.0214 e. The van der Waals surface area contributed by atoms with E-state index < -0.39 is 0 Å². The Labute approximate surface area is 89.7 Å². The van der Waals surface area contributed by atoms with E-state index >= 15 is 0 Å². The molecule has 1 atom stereocenters. The molecule has 0 aromatic rings. The molecule has 82 valence electrons. The number of hydrogen-bond donors (Lipinski definition) is 1. The van der Waals surface area contributed by atoms with Gasteiger partial charge in [-0.05, 0) is 25.8 Å². The van der Waals surface area contributed by atoms with Crippen LogP contribution in [0.5, 0.6) is 0 Å². The van der Waals surface area contributed by atoms with Gasteiger partial charge in [0.05, 0.1) is 0 Å². The first kappa shape index (κ1) is 13.5. The lowest BCUT2D eigenvalue weighted by Crippen LogP contribution is -2.23. The van der Waals surface area contributed by atoms with Crippen LogP contribution in [0, 0.1) is 17.8 Å². The number of nitrogens with one attached hydrogen (secondary N) is 1. The largest absolute Gasteiger partial charge is 0.316 e. The zero-order valence-electron chi connectivity index (χ0n) is 10.0. The van der Waals surface area contributed by atoms with Crippen molar-refractivity contribution >= 4 is 0 Å². The molecule has 1 N–H and O–H groups in total. The summed E-state index contributed by atoms with van der Waals surface area (Å²) in [7, 11) is 0. The van der Waals surface area contributed by atoms with E-state index in [0.29, 0.717) is 0 Å². The van der Waals surface area contributed by atoms with Crippen LogP contribution in [0.1, 0.15) is 52.9 Å². The normalized spacial score (nSPS) is 11.9. The van der Waals surface area contributed by atoms with Crippen LogP contribution in [0.2, 0.25) is 0 Å². The average Bonchev–Trinajstić information content (AvgIpc) is 2.22. The molecule has 0 aromatic heterocycles. The lowest BCUT2D eigenvalue weighted by molar-refractivity contribution is 0.422. The van der Waals surface area contributed by atoms with Crippen molar-refractivity contribution in [3.63, 3.8) is 0 Å². The van der Waals surface area contributed by atoms with Crippen molar-refractivity contribution in [3.05, 3.63) is 0 Å². The van der Waals surface area contributed by atoms with Crippen LogP contribution < -0.4 is 5.32 Å². The summed E-state index contributed by atoms with van der Waals surface area (Å²) < 4.78 is 0. The fourth-order valence-corrected chi connectivity index (χ4v) is 1.53. The second-order valence-electron chi connectivity index (χ2n) is 3.80. The van der Waals surface area contributed by atoms with Gasteiger partial charge >= 0.3 is 0 Å². The van der Waals surface area contributed by atoms with E-state index in [2.05, 4.69) is 31.0 Å². The molecule has 0 radical (unpaired) electrons. The van der Waals surface area contributed by atoms with Gasteiger partial charge < -0.3 is 5.32 Å². The standard InChI is InChI=1S/C13H25N/c1-4-7-9-11-14-12-13(6-3)10-8-5-2/h13-14H,5-6,8-12H2,1-3H3. The Morgan fingerprint density at radius 2 is 2.07 bits per heavy atom. The van der Waals surface area contributed by atoms with E-state index in [1.807, 2.05) is 6.92 Å². The lowest BCUT2D eigenvalue weighted by Gasteiger charge is -2.14. The Morgan fingerprint density at radius 1 is 1.29 bits per heavy atom. The third kappa shape index (κ3) is 8.13. The van der Waals surface area contributed by atoms with Gasteiger partial charge in [0.25, 0.3) is 0 Å². The van der Waals surface area contributed by atoms with Crippen LogP contribution >= 0.6 is 0 Å². The van der Waals surface area contributed by atoms with Crippen molar-refractivity contribution in [1.29, 1.82) is 0 Å². The van der Waals surface area contributed by atoms with E-state index in [1.54, 1.807) is 0 Å². The lowest BCUT2D eigenvalue weighted by atomic mass is 9.99. The van der Waals surface area contributed by atoms with Gasteiger partial charge in [0.15, 0.2) is 0 Å². The Balaban J connectivity index is 3.35. The molecule has 0 spiro atoms. The molecule has 0 aliphatic heterocycles. The molecule has 14 heavy (non-hydrogen) atoms. The number of hydrogen-bond acceptors (Lipinski definition) is 1. The molecule has 0 saturated heterocycles. The van der Waals surface area contributed by atoms with Crippen molar-refractivity contribution in [3.8, 4) is 11.8 Å². The predicted molar refractivity (Wildman–Crippen MR) is 64.2 cm³/mol. The van der Waals surface area contributed by atoms with Crippen LogP contribution in [0.4, 0.5) is 0 Å². The maximum atomic E-state index is 3.48. The van der Waals surface area contributed by atoms with Gasteiger partial charge in [0.1, 0.15) is 0 Å². The molecule has 0 bridgehead atoms. The minimum atomic E-state index is 0.865. The van der Waals surface area contributed by atoms with Crippen molar-refractivity contribution < 1.29 is 0 Å². The SMILES string of the molecule is CC#CCCNCC(CC)CCCC. The second-order valence-corrected chi connectivity index (χ2v) is 3.80. The van der Waals surface area contributed by atoms with Crippen molar-refractivity contribution in [1.82, 2.24) is 5.32 Å². The fourth-order valence-electron chi connectivity index (χ4n) is 1.53. The first-order valence-electron chi connectivity index (χ1n) is 5.95. The summed E-state index contributed by atoms with van der Waals surface area (Å²) in [5.41, 5.74) is 0. The monoisotopic (exact) mass is 195 g/mol. The van der Waals surface area contributed by atoms with Crippen molar-refractivity contribution in [2.24, 2.45) is 5.92 Å². The third-order valence-corrected chi connectivity index (χ3v) is 2.58. The van der Waals surface area contributed by atoms with Crippen molar-refractivity contribution in [2.75, 3.05) is 13.1 Å². The molecular formula is C13H25N. The van der Waals surface area contributed by atoms with Crippen LogP contribution in [-0.2, 0) is 0 Å². The van der Waals surface area contributed by atoms with Gasteiger partial charge in [-0.1, -0.05) is 33.1 Å². The Bertz CT molecular complexity index is 164. The second kappa shape index (κ2) is 10.6. The number of rotatable bonds is 8. The van der Waals surface area contributed by atoms with Gasteiger partial charge in [-0.2, -0.15) is 0 Å². The topological polar surface area (TPSA) is 12.0 Å². The zero-order valence-corrected chi connectivity index (χ0v) is 10.0. The van der Waals surface area contributed by atoms with E-state index in [4.69, 9.17) is 0 Å². The van der Waals surface area contributed by atoms with Gasteiger partial charge in [-0.25, -0.2) is 0 Å². The molecule has 0 rings (SSSR count). The molecule has 0 aliphatic carbocycles. The molecule has 0 amide bonds. The summed E-state index contributed by atoms with van der Waals surface area (Å²) in [4.78, 5) is 0. The molecule has 1 heteroatoms. The van der Waals surface area contributed by atoms with E-state index in [1.165, 1.54) is 32.2 Å². The van der Waals surface area contributed by atoms with Crippen LogP contribution in [0.3, 0.4) is 0 Å². The maximum absolute atomic E-state index is 3.48. The first-order chi connectivity index (χ1) is 6.85. The Hall–Kier alpha value is -0.480. The summed E-state index contributed by atoms with van der Waals surface area (Å²) in [6.07, 6.45) is 6.35. The quantitative estimate of drug-likeness (QED) is 0.463. The molecular weight excluding hydrogens is 170 g/mol. The molecule has 1 unspecified atom stereocenters. The summed E-state index contributed by atoms with van der Waals surface area (Å²) in [6, 6.07) is 0. The highest BCUT2D eigenvalue weighted by Gasteiger charge is 2.03. The van der Waals surface area contributed by atoms with Crippen LogP contribution in [-0.4, -0.2) is 13.1 Å². The highest BCUT2D eigenvalue weighted by atomic mass is 14.8. The molecule has 0 aliphatic rings. The van der Waals surface area contributed by atoms with E-state index in [-0.39, 0.29) is 0 Å². The highest BCUT2D eigenvalue weighted by molar-refractivity contribution is 4.95. The minimum Gasteiger partial charge on any atom is -0.316 e. The predicted octanol–water partition coefficient (Wildman–Crippen LogP) is 3.21. The molecule has 0 fully saturated rings. The smallest absolute Gasteiger partial charge is 0.0214 e. The summed E-state index contributed by atoms with van der Waals surface area (Å²) >= 11 is 0. The van der Waals surface area contributed by atoms with Crippen molar-refractivity contribution in [2.45, 2.75) is 52.9 Å². The zero-order chi connectivity index (χ0) is 10.6. The Morgan fingerprint density at radius 3 is 2.64 bits per heavy atom. The molecule has 1 nitrogen and oxygen atoms in total. The highest BCUT2D eigenvalue weighted by Crippen LogP contribution is 2.10. The van der Waals surface area contributed by atoms with Gasteiger partial charge in [-0.15, -0.1) is 11.8 Å². The minimum absolute atomic E-state index is 0.865. The third-order valence-electron chi connectivity index (χ3n) is 2.58. The van der Waals surface area contributed by atoms with Gasteiger partial charge in [-0.3, -0.25) is 0 Å². The van der Waals surface area contributed by atoms with Gasteiger partial charge in [0.2, 0.25) is 0 Å². The summed E-state index contributed by atoms with van der Waals surface area (Å²) in [5.74, 6) is 6.85. The summed E-state index contributed by atoms with van der Waals surface area (Å²) in [5, 5.41) is 3.48. The van der Waals surface area contributed by atoms with Crippen LogP contribution in [0.15, 0.2) is 0 Å². The molecule has 0 saturated carbocycles. The summed E-state index contributed by atoms with van der Waals surface area (Å²) in [6.45, 7) is 8.66. The molecule has 0 aromatic carbocycles. The fraction of sp³-hybridized carbons (Fsp3) is 0.846. The molecule has 0 heterocycles. The van der Waals surface area contributed by atoms with E-state index in [9.17, 15) is 0 Å². The average molecular weight is 195 g/mol.